The first-order valence-corrected chi connectivity index (χ1v) is 9.60. The van der Waals surface area contributed by atoms with Crippen molar-refractivity contribution in [2.45, 2.75) is 71.4 Å². The molecule has 162 valence electrons. The summed E-state index contributed by atoms with van der Waals surface area (Å²) in [5, 5.41) is 2.41. The Kier molecular flexibility index (Phi) is 6.60. The van der Waals surface area contributed by atoms with Gasteiger partial charge in [0.15, 0.2) is 0 Å². The van der Waals surface area contributed by atoms with Gasteiger partial charge < -0.3 is 18.9 Å². The van der Waals surface area contributed by atoms with Gasteiger partial charge in [0.2, 0.25) is 0 Å². The van der Waals surface area contributed by atoms with Gasteiger partial charge in [-0.1, -0.05) is 0 Å². The zero-order chi connectivity index (χ0) is 22.0. The highest BCUT2D eigenvalue weighted by molar-refractivity contribution is 5.84. The Bertz CT molecular complexity index is 810. The predicted molar refractivity (Wildman–Crippen MR) is 107 cm³/mol. The summed E-state index contributed by atoms with van der Waals surface area (Å²) in [6, 6.07) is 2.24. The molecule has 1 saturated heterocycles. The second-order valence-corrected chi connectivity index (χ2v) is 9.06. The minimum atomic E-state index is -1.45. The number of hydrogen-bond donors (Lipinski definition) is 1. The lowest BCUT2D eigenvalue weighted by molar-refractivity contribution is 0.00647. The van der Waals surface area contributed by atoms with Crippen LogP contribution in [0.4, 0.5) is 19.7 Å². The molecule has 1 aliphatic heterocycles. The van der Waals surface area contributed by atoms with Gasteiger partial charge in [0.05, 0.1) is 12.6 Å². The van der Waals surface area contributed by atoms with Crippen molar-refractivity contribution in [1.29, 1.82) is 0 Å². The molecule has 0 saturated carbocycles. The summed E-state index contributed by atoms with van der Waals surface area (Å²) in [6.07, 6.45) is -1.07. The normalized spacial score (nSPS) is 20.2. The highest BCUT2D eigenvalue weighted by atomic mass is 19.1. The van der Waals surface area contributed by atoms with E-state index >= 15 is 0 Å². The first-order chi connectivity index (χ1) is 13.3. The van der Waals surface area contributed by atoms with Crippen molar-refractivity contribution in [3.05, 3.63) is 28.7 Å². The summed E-state index contributed by atoms with van der Waals surface area (Å²) in [7, 11) is 0. The molecule has 9 heteroatoms. The molecule has 29 heavy (non-hydrogen) atoms. The van der Waals surface area contributed by atoms with Crippen molar-refractivity contribution >= 4 is 17.9 Å². The fourth-order valence-electron chi connectivity index (χ4n) is 2.98. The fourth-order valence-corrected chi connectivity index (χ4v) is 2.98. The third-order valence-electron chi connectivity index (χ3n) is 4.13. The molecule has 1 aromatic rings. The number of carbonyl (C=O) groups is 2. The van der Waals surface area contributed by atoms with Gasteiger partial charge in [-0.25, -0.2) is 14.0 Å². The molecule has 0 radical (unpaired) electrons. The summed E-state index contributed by atoms with van der Waals surface area (Å²) in [5.41, 5.74) is -1.91. The van der Waals surface area contributed by atoms with Crippen LogP contribution in [0, 0.1) is 0 Å². The van der Waals surface area contributed by atoms with Crippen LogP contribution < -0.4 is 10.9 Å². The number of amides is 2. The van der Waals surface area contributed by atoms with Gasteiger partial charge in [-0.2, -0.15) is 0 Å². The molecule has 1 N–H and O–H groups in total. The van der Waals surface area contributed by atoms with E-state index in [9.17, 15) is 18.8 Å². The monoisotopic (exact) mass is 411 g/mol. The molecule has 2 rings (SSSR count). The molecule has 0 unspecified atom stereocenters. The van der Waals surface area contributed by atoms with Gasteiger partial charge in [0.1, 0.15) is 23.1 Å². The Labute approximate surface area is 170 Å². The quantitative estimate of drug-likeness (QED) is 0.801. The third kappa shape index (κ3) is 6.47. The molecule has 2 heterocycles. The summed E-state index contributed by atoms with van der Waals surface area (Å²) in [6.45, 7) is 10.5. The molecule has 1 aromatic heterocycles. The van der Waals surface area contributed by atoms with Crippen LogP contribution in [0.3, 0.4) is 0 Å². The number of piperidine rings is 1. The molecule has 0 aliphatic carbocycles. The van der Waals surface area contributed by atoms with Crippen LogP contribution in [-0.2, 0) is 9.47 Å². The van der Waals surface area contributed by atoms with E-state index in [1.54, 1.807) is 47.6 Å². The van der Waals surface area contributed by atoms with Gasteiger partial charge >= 0.3 is 12.2 Å². The zero-order valence-corrected chi connectivity index (χ0v) is 17.8. The van der Waals surface area contributed by atoms with Gasteiger partial charge in [-0.3, -0.25) is 10.1 Å². The zero-order valence-electron chi connectivity index (χ0n) is 17.8. The van der Waals surface area contributed by atoms with E-state index in [1.165, 1.54) is 21.7 Å². The van der Waals surface area contributed by atoms with E-state index in [-0.39, 0.29) is 25.2 Å². The molecule has 2 atom stereocenters. The number of ether oxygens (including phenoxy) is 2. The Morgan fingerprint density at radius 1 is 1.14 bits per heavy atom. The van der Waals surface area contributed by atoms with Crippen molar-refractivity contribution in [3.8, 4) is 0 Å². The lowest BCUT2D eigenvalue weighted by Gasteiger charge is -2.36. The number of hydrogen-bond acceptors (Lipinski definition) is 5. The van der Waals surface area contributed by atoms with E-state index in [4.69, 9.17) is 9.47 Å². The molecular weight excluding hydrogens is 381 g/mol. The molecular formula is C20H30FN3O5. The molecule has 0 aromatic carbocycles. The summed E-state index contributed by atoms with van der Waals surface area (Å²) in [5.74, 6) is 0. The molecule has 1 aliphatic rings. The second kappa shape index (κ2) is 8.42. The molecule has 8 nitrogen and oxygen atoms in total. The number of aromatic nitrogens is 1. The number of carbonyl (C=O) groups excluding carboxylic acids is 2. The van der Waals surface area contributed by atoms with Crippen molar-refractivity contribution in [2.24, 2.45) is 0 Å². The number of nitrogens with zero attached hydrogens (tertiary/aromatic N) is 2. The Balaban J connectivity index is 2.11. The van der Waals surface area contributed by atoms with Gasteiger partial charge in [-0.05, 0) is 60.1 Å². The van der Waals surface area contributed by atoms with Crippen LogP contribution in [0.25, 0.3) is 0 Å². The number of halogens is 1. The second-order valence-electron chi connectivity index (χ2n) is 9.06. The van der Waals surface area contributed by atoms with Crippen molar-refractivity contribution in [1.82, 2.24) is 9.47 Å². The Morgan fingerprint density at radius 3 is 2.31 bits per heavy atom. The number of anilines is 1. The maximum absolute atomic E-state index is 14.9. The van der Waals surface area contributed by atoms with Crippen molar-refractivity contribution < 1.29 is 23.5 Å². The first kappa shape index (κ1) is 22.7. The van der Waals surface area contributed by atoms with Crippen LogP contribution in [0.15, 0.2) is 23.1 Å². The topological polar surface area (TPSA) is 89.9 Å². The summed E-state index contributed by atoms with van der Waals surface area (Å²) in [4.78, 5) is 38.2. The number of pyridine rings is 1. The van der Waals surface area contributed by atoms with Gasteiger partial charge in [0.25, 0.3) is 5.56 Å². The highest BCUT2D eigenvalue weighted by Gasteiger charge is 2.35. The largest absolute Gasteiger partial charge is 0.444 e. The van der Waals surface area contributed by atoms with Crippen molar-refractivity contribution in [2.75, 3.05) is 18.4 Å². The van der Waals surface area contributed by atoms with Crippen LogP contribution in [-0.4, -0.2) is 52.1 Å². The maximum atomic E-state index is 14.9. The maximum Gasteiger partial charge on any atom is 0.412 e. The Morgan fingerprint density at radius 2 is 1.76 bits per heavy atom. The lowest BCUT2D eigenvalue weighted by Crippen LogP contribution is -2.48. The number of alkyl halides is 1. The van der Waals surface area contributed by atoms with E-state index < -0.39 is 41.2 Å². The highest BCUT2D eigenvalue weighted by Crippen LogP contribution is 2.26. The van der Waals surface area contributed by atoms with Crippen LogP contribution >= 0.6 is 0 Å². The first-order valence-electron chi connectivity index (χ1n) is 9.60. The predicted octanol–water partition coefficient (Wildman–Crippen LogP) is 3.72. The van der Waals surface area contributed by atoms with Gasteiger partial charge in [-0.15, -0.1) is 0 Å². The summed E-state index contributed by atoms with van der Waals surface area (Å²) >= 11 is 0. The molecule has 0 bridgehead atoms. The van der Waals surface area contributed by atoms with Gasteiger partial charge in [0, 0.05) is 12.7 Å². The lowest BCUT2D eigenvalue weighted by atomic mass is 10.0. The number of rotatable bonds is 2. The SMILES string of the molecule is CC(C)(C)OC(=O)Nc1cccn([C@@H]2CCN(C(=O)OC(C)(C)C)C[C@@H]2F)c1=O. The smallest absolute Gasteiger partial charge is 0.412 e. The minimum Gasteiger partial charge on any atom is -0.444 e. The number of nitrogens with one attached hydrogen (secondary N) is 1. The average molecular weight is 411 g/mol. The molecule has 2 amide bonds. The number of likely N-dealkylation sites (tertiary alicyclic amines) is 1. The molecule has 1 fully saturated rings. The van der Waals surface area contributed by atoms with E-state index in [1.807, 2.05) is 0 Å². The average Bonchev–Trinajstić information content (AvgIpc) is 2.54. The van der Waals surface area contributed by atoms with Crippen molar-refractivity contribution in [3.63, 3.8) is 0 Å². The summed E-state index contributed by atoms with van der Waals surface area (Å²) < 4.78 is 26.5. The Hall–Kier alpha value is -2.58. The van der Waals surface area contributed by atoms with Crippen LogP contribution in [0.1, 0.15) is 54.0 Å². The van der Waals surface area contributed by atoms with Crippen LogP contribution in [0.5, 0.6) is 0 Å². The van der Waals surface area contributed by atoms with Crippen LogP contribution in [0.2, 0.25) is 0 Å². The van der Waals surface area contributed by atoms with E-state index in [2.05, 4.69) is 5.32 Å². The standard InChI is InChI=1S/C20H30FN3O5/c1-19(2,3)28-17(26)22-14-8-7-10-24(16(14)25)15-9-11-23(12-13(15)21)18(27)29-20(4,5)6/h7-8,10,13,15H,9,11-12H2,1-6H3,(H,22,26)/t13-,15+/m0/s1. The minimum absolute atomic E-state index is 0.00326. The third-order valence-corrected chi connectivity index (χ3v) is 4.13. The fraction of sp³-hybridized carbons (Fsp3) is 0.650. The van der Waals surface area contributed by atoms with E-state index in [0.717, 1.165) is 0 Å². The molecule has 0 spiro atoms. The van der Waals surface area contributed by atoms with E-state index in [0.29, 0.717) is 0 Å².